The molecule has 1 aliphatic heterocycles. The number of hydrogen-bond acceptors (Lipinski definition) is 2. The lowest BCUT2D eigenvalue weighted by Crippen LogP contribution is -2.34. The van der Waals surface area contributed by atoms with Crippen LogP contribution in [0.2, 0.25) is 0 Å². The second-order valence-electron chi connectivity index (χ2n) is 13.7. The van der Waals surface area contributed by atoms with Crippen LogP contribution < -0.4 is 10.1 Å². The molecule has 1 heterocycles. The molecule has 0 atom stereocenters. The number of anilines is 2. The molecule has 2 nitrogen and oxygen atoms in total. The molecule has 0 bridgehead atoms. The van der Waals surface area contributed by atoms with Gasteiger partial charge in [-0.1, -0.05) is 170 Å². The molecule has 0 spiro atoms. The Hall–Kier alpha value is -6.64. The van der Waals surface area contributed by atoms with Crippen LogP contribution in [0.1, 0.15) is 44.5 Å². The highest BCUT2D eigenvalue weighted by Gasteiger charge is 2.47. The average molecular weight is 666 g/mol. The van der Waals surface area contributed by atoms with Crippen LogP contribution >= 0.6 is 0 Å². The van der Waals surface area contributed by atoms with Crippen molar-refractivity contribution in [2.45, 2.75) is 10.8 Å². The summed E-state index contributed by atoms with van der Waals surface area (Å²) in [5.41, 5.74) is 13.3. The first-order valence-electron chi connectivity index (χ1n) is 17.9. The number of ether oxygens (including phenoxy) is 1. The van der Waals surface area contributed by atoms with Gasteiger partial charge in [-0.05, 0) is 80.9 Å². The highest BCUT2D eigenvalue weighted by Crippen LogP contribution is 2.57. The van der Waals surface area contributed by atoms with Crippen LogP contribution in [-0.4, -0.2) is 0 Å². The van der Waals surface area contributed by atoms with Crippen LogP contribution in [0.25, 0.3) is 11.1 Å². The summed E-state index contributed by atoms with van der Waals surface area (Å²) in [4.78, 5) is 0. The topological polar surface area (TPSA) is 21.3 Å². The number of para-hydroxylation sites is 1. The summed E-state index contributed by atoms with van der Waals surface area (Å²) in [5, 5.41) is 3.84. The number of fused-ring (bicyclic) bond motifs is 5. The van der Waals surface area contributed by atoms with Gasteiger partial charge in [-0.3, -0.25) is 0 Å². The molecule has 0 saturated heterocycles. The highest BCUT2D eigenvalue weighted by atomic mass is 16.5. The zero-order chi connectivity index (χ0) is 34.5. The number of hydrogen-bond donors (Lipinski definition) is 1. The maximum absolute atomic E-state index is 6.67. The molecular weight excluding hydrogens is 631 g/mol. The van der Waals surface area contributed by atoms with Crippen molar-refractivity contribution >= 4 is 11.4 Å². The van der Waals surface area contributed by atoms with Crippen molar-refractivity contribution in [3.63, 3.8) is 0 Å². The van der Waals surface area contributed by atoms with Crippen LogP contribution in [0.3, 0.4) is 0 Å². The Bertz CT molecular complexity index is 2490. The third-order valence-electron chi connectivity index (χ3n) is 11.1. The van der Waals surface area contributed by atoms with Crippen molar-refractivity contribution in [2.24, 2.45) is 0 Å². The van der Waals surface area contributed by atoms with Crippen LogP contribution in [0.4, 0.5) is 11.4 Å². The predicted molar refractivity (Wildman–Crippen MR) is 212 cm³/mol. The van der Waals surface area contributed by atoms with Crippen molar-refractivity contribution in [3.05, 3.63) is 251 Å². The van der Waals surface area contributed by atoms with Crippen LogP contribution in [0.15, 0.2) is 206 Å². The van der Waals surface area contributed by atoms with Gasteiger partial charge >= 0.3 is 0 Å². The molecule has 1 aliphatic carbocycles. The Morgan fingerprint density at radius 1 is 0.308 bits per heavy atom. The fraction of sp³-hybridized carbons (Fsp3) is 0.0400. The van der Waals surface area contributed by atoms with Crippen molar-refractivity contribution in [3.8, 4) is 22.6 Å². The molecular formula is C50H35NO. The molecule has 0 amide bonds. The van der Waals surface area contributed by atoms with Crippen molar-refractivity contribution < 1.29 is 4.74 Å². The summed E-state index contributed by atoms with van der Waals surface area (Å²) >= 11 is 0. The van der Waals surface area contributed by atoms with Gasteiger partial charge in [0, 0.05) is 22.5 Å². The van der Waals surface area contributed by atoms with Gasteiger partial charge in [-0.25, -0.2) is 0 Å². The molecule has 52 heavy (non-hydrogen) atoms. The summed E-state index contributed by atoms with van der Waals surface area (Å²) in [6, 6.07) is 74.3. The monoisotopic (exact) mass is 665 g/mol. The lowest BCUT2D eigenvalue weighted by molar-refractivity contribution is 0.434. The molecule has 2 heteroatoms. The van der Waals surface area contributed by atoms with E-state index in [4.69, 9.17) is 4.74 Å². The Balaban J connectivity index is 1.15. The largest absolute Gasteiger partial charge is 0.457 e. The lowest BCUT2D eigenvalue weighted by Gasteiger charge is -2.41. The van der Waals surface area contributed by atoms with E-state index >= 15 is 0 Å². The van der Waals surface area contributed by atoms with Gasteiger partial charge in [0.25, 0.3) is 0 Å². The minimum atomic E-state index is -0.582. The summed E-state index contributed by atoms with van der Waals surface area (Å²) in [6.45, 7) is 0. The van der Waals surface area contributed by atoms with E-state index < -0.39 is 10.8 Å². The van der Waals surface area contributed by atoms with Gasteiger partial charge in [0.05, 0.1) is 10.8 Å². The maximum Gasteiger partial charge on any atom is 0.132 e. The zero-order valence-electron chi connectivity index (χ0n) is 28.5. The van der Waals surface area contributed by atoms with Gasteiger partial charge in [0.15, 0.2) is 0 Å². The molecule has 0 fully saturated rings. The average Bonchev–Trinajstić information content (AvgIpc) is 3.52. The standard InChI is InChI=1S/C50H35NO/c1-4-17-35(18-5-1)49(36-19-6-2-7-20-36)45-29-14-15-30-47(45)52-48-32-31-40(34-46(48)49)51-39-24-16-23-38(33-39)50(37-21-8-3-9-22-37)43-27-12-10-25-41(43)42-26-11-13-28-44(42)50/h1-34,51H. The maximum atomic E-state index is 6.67. The Kier molecular flexibility index (Phi) is 6.97. The van der Waals surface area contributed by atoms with Crippen molar-refractivity contribution in [2.75, 3.05) is 5.32 Å². The van der Waals surface area contributed by atoms with E-state index in [0.29, 0.717) is 0 Å². The third kappa shape index (κ3) is 4.37. The molecule has 246 valence electrons. The smallest absolute Gasteiger partial charge is 0.132 e. The number of benzene rings is 8. The molecule has 8 aromatic carbocycles. The second-order valence-corrected chi connectivity index (χ2v) is 13.7. The minimum absolute atomic E-state index is 0.463. The van der Waals surface area contributed by atoms with E-state index in [1.54, 1.807) is 0 Å². The van der Waals surface area contributed by atoms with Gasteiger partial charge in [-0.15, -0.1) is 0 Å². The van der Waals surface area contributed by atoms with Crippen molar-refractivity contribution in [1.29, 1.82) is 0 Å². The van der Waals surface area contributed by atoms with E-state index in [0.717, 1.165) is 34.0 Å². The van der Waals surface area contributed by atoms with Crippen LogP contribution in [-0.2, 0) is 10.8 Å². The summed E-state index contributed by atoms with van der Waals surface area (Å²) in [7, 11) is 0. The predicted octanol–water partition coefficient (Wildman–Crippen LogP) is 12.3. The normalized spacial score (nSPS) is 14.2. The fourth-order valence-electron chi connectivity index (χ4n) is 8.99. The molecule has 10 rings (SSSR count). The lowest BCUT2D eigenvalue weighted by atomic mass is 9.63. The minimum Gasteiger partial charge on any atom is -0.457 e. The molecule has 2 aliphatic rings. The van der Waals surface area contributed by atoms with Crippen LogP contribution in [0, 0.1) is 0 Å². The number of nitrogens with one attached hydrogen (secondary N) is 1. The number of rotatable bonds is 6. The highest BCUT2D eigenvalue weighted by molar-refractivity contribution is 5.86. The SMILES string of the molecule is c1ccc(C2(c3ccccc3)c3ccccc3Oc3ccc(Nc4cccc(C5(c6ccccc6)c6ccccc6-c6ccccc65)c4)cc32)cc1. The van der Waals surface area contributed by atoms with E-state index in [1.807, 2.05) is 0 Å². The van der Waals surface area contributed by atoms with Crippen LogP contribution in [0.5, 0.6) is 11.5 Å². The van der Waals surface area contributed by atoms with Gasteiger partial charge in [-0.2, -0.15) is 0 Å². The second kappa shape index (κ2) is 12.0. The van der Waals surface area contributed by atoms with E-state index in [2.05, 4.69) is 212 Å². The molecule has 1 N–H and O–H groups in total. The first-order valence-corrected chi connectivity index (χ1v) is 17.9. The zero-order valence-corrected chi connectivity index (χ0v) is 28.5. The summed E-state index contributed by atoms with van der Waals surface area (Å²) in [5.74, 6) is 1.73. The Morgan fingerprint density at radius 3 is 1.35 bits per heavy atom. The molecule has 0 aromatic heterocycles. The molecule has 0 radical (unpaired) electrons. The Morgan fingerprint density at radius 2 is 0.750 bits per heavy atom. The molecule has 0 saturated carbocycles. The molecule has 8 aromatic rings. The fourth-order valence-corrected chi connectivity index (χ4v) is 8.99. The first-order chi connectivity index (χ1) is 25.8. The summed E-state index contributed by atoms with van der Waals surface area (Å²) < 4.78 is 6.67. The van der Waals surface area contributed by atoms with Gasteiger partial charge in [0.1, 0.15) is 11.5 Å². The van der Waals surface area contributed by atoms with Crippen molar-refractivity contribution in [1.82, 2.24) is 0 Å². The van der Waals surface area contributed by atoms with E-state index in [1.165, 1.54) is 44.5 Å². The third-order valence-corrected chi connectivity index (χ3v) is 11.1. The Labute approximate surface area is 304 Å². The van der Waals surface area contributed by atoms with E-state index in [9.17, 15) is 0 Å². The quantitative estimate of drug-likeness (QED) is 0.191. The van der Waals surface area contributed by atoms with E-state index in [-0.39, 0.29) is 0 Å². The van der Waals surface area contributed by atoms with Gasteiger partial charge < -0.3 is 10.1 Å². The summed E-state index contributed by atoms with van der Waals surface area (Å²) in [6.07, 6.45) is 0. The molecule has 0 unspecified atom stereocenters. The van der Waals surface area contributed by atoms with Gasteiger partial charge in [0.2, 0.25) is 0 Å². The first kappa shape index (κ1) is 30.2.